The van der Waals surface area contributed by atoms with Gasteiger partial charge < -0.3 is 10.0 Å². The Morgan fingerprint density at radius 2 is 2.47 bits per heavy atom. The molecule has 0 bridgehead atoms. The quantitative estimate of drug-likeness (QED) is 0.741. The number of terminal acetylenes is 1. The third kappa shape index (κ3) is 2.99. The zero-order valence-electron chi connectivity index (χ0n) is 8.47. The molecule has 1 rings (SSSR count). The normalized spacial score (nSPS) is 9.33. The fourth-order valence-electron chi connectivity index (χ4n) is 1.32. The van der Waals surface area contributed by atoms with Crippen molar-refractivity contribution < 1.29 is 9.90 Å². The van der Waals surface area contributed by atoms with E-state index in [-0.39, 0.29) is 13.1 Å². The monoisotopic (exact) mass is 204 g/mol. The molecule has 0 aliphatic carbocycles. The van der Waals surface area contributed by atoms with Crippen LogP contribution in [0, 0.1) is 19.3 Å². The number of aliphatic carboxylic acids is 1. The first-order valence-electron chi connectivity index (χ1n) is 4.46. The lowest BCUT2D eigenvalue weighted by Crippen LogP contribution is -2.30. The standard InChI is InChI=1S/C11H12N2O2/c1-3-6-13(8-11(14)15)10-4-5-12-7-9(10)2/h1,4-5,7H,6,8H2,2H3,(H,14,15). The number of hydrogen-bond acceptors (Lipinski definition) is 3. The molecule has 0 saturated carbocycles. The zero-order valence-corrected chi connectivity index (χ0v) is 8.47. The van der Waals surface area contributed by atoms with E-state index in [2.05, 4.69) is 10.9 Å². The molecule has 0 unspecified atom stereocenters. The number of nitrogens with zero attached hydrogens (tertiary/aromatic N) is 2. The molecule has 78 valence electrons. The molecule has 0 atom stereocenters. The van der Waals surface area contributed by atoms with E-state index in [1.54, 1.807) is 23.4 Å². The molecule has 0 fully saturated rings. The second-order valence-corrected chi connectivity index (χ2v) is 3.12. The minimum Gasteiger partial charge on any atom is -0.480 e. The van der Waals surface area contributed by atoms with E-state index in [1.807, 2.05) is 6.92 Å². The van der Waals surface area contributed by atoms with Crippen LogP contribution >= 0.6 is 0 Å². The molecule has 0 saturated heterocycles. The van der Waals surface area contributed by atoms with Crippen LogP contribution in [0.3, 0.4) is 0 Å². The molecule has 0 spiro atoms. The van der Waals surface area contributed by atoms with E-state index in [4.69, 9.17) is 11.5 Å². The Bertz CT molecular complexity index is 396. The Morgan fingerprint density at radius 1 is 1.73 bits per heavy atom. The average Bonchev–Trinajstić information content (AvgIpc) is 2.17. The Balaban J connectivity index is 2.94. The molecule has 1 heterocycles. The van der Waals surface area contributed by atoms with Crippen LogP contribution < -0.4 is 4.90 Å². The second-order valence-electron chi connectivity index (χ2n) is 3.12. The predicted molar refractivity (Wildman–Crippen MR) is 57.7 cm³/mol. The van der Waals surface area contributed by atoms with E-state index < -0.39 is 5.97 Å². The zero-order chi connectivity index (χ0) is 11.3. The molecule has 15 heavy (non-hydrogen) atoms. The molecule has 0 aromatic carbocycles. The summed E-state index contributed by atoms with van der Waals surface area (Å²) in [6, 6.07) is 1.76. The highest BCUT2D eigenvalue weighted by Crippen LogP contribution is 2.17. The molecule has 0 radical (unpaired) electrons. The van der Waals surface area contributed by atoms with E-state index in [1.165, 1.54) is 0 Å². The molecule has 1 aromatic heterocycles. The summed E-state index contributed by atoms with van der Waals surface area (Å²) in [6.07, 6.45) is 8.49. The molecule has 1 N–H and O–H groups in total. The summed E-state index contributed by atoms with van der Waals surface area (Å²) in [7, 11) is 0. The number of rotatable bonds is 4. The van der Waals surface area contributed by atoms with Crippen molar-refractivity contribution in [3.05, 3.63) is 24.0 Å². The number of aryl methyl sites for hydroxylation is 1. The summed E-state index contributed by atoms with van der Waals surface area (Å²) in [6.45, 7) is 2.04. The van der Waals surface area contributed by atoms with Gasteiger partial charge in [0.05, 0.1) is 6.54 Å². The number of anilines is 1. The van der Waals surface area contributed by atoms with Gasteiger partial charge >= 0.3 is 5.97 Å². The number of hydrogen-bond donors (Lipinski definition) is 1. The van der Waals surface area contributed by atoms with Gasteiger partial charge in [0.1, 0.15) is 6.54 Å². The van der Waals surface area contributed by atoms with Crippen LogP contribution in [0.5, 0.6) is 0 Å². The first-order valence-corrected chi connectivity index (χ1v) is 4.46. The lowest BCUT2D eigenvalue weighted by molar-refractivity contribution is -0.135. The molecular weight excluding hydrogens is 192 g/mol. The minimum atomic E-state index is -0.901. The van der Waals surface area contributed by atoms with Crippen molar-refractivity contribution >= 4 is 11.7 Å². The van der Waals surface area contributed by atoms with Crippen molar-refractivity contribution in [3.8, 4) is 12.3 Å². The summed E-state index contributed by atoms with van der Waals surface area (Å²) >= 11 is 0. The lowest BCUT2D eigenvalue weighted by Gasteiger charge is -2.21. The molecule has 4 heteroatoms. The summed E-state index contributed by atoms with van der Waals surface area (Å²) < 4.78 is 0. The van der Waals surface area contributed by atoms with E-state index in [9.17, 15) is 4.79 Å². The number of carboxylic acids is 1. The van der Waals surface area contributed by atoms with Gasteiger partial charge in [-0.3, -0.25) is 9.78 Å². The number of carboxylic acid groups (broad SMARTS) is 1. The van der Waals surface area contributed by atoms with Gasteiger partial charge in [0.15, 0.2) is 0 Å². The predicted octanol–water partition coefficient (Wildman–Crippen LogP) is 0.914. The van der Waals surface area contributed by atoms with Gasteiger partial charge in [-0.15, -0.1) is 6.42 Å². The number of aromatic nitrogens is 1. The van der Waals surface area contributed by atoms with Crippen LogP contribution in [-0.2, 0) is 4.79 Å². The lowest BCUT2D eigenvalue weighted by atomic mass is 10.2. The fourth-order valence-corrected chi connectivity index (χ4v) is 1.32. The van der Waals surface area contributed by atoms with Crippen LogP contribution in [0.4, 0.5) is 5.69 Å². The van der Waals surface area contributed by atoms with Crippen LogP contribution in [0.25, 0.3) is 0 Å². The van der Waals surface area contributed by atoms with Crippen molar-refractivity contribution in [2.24, 2.45) is 0 Å². The van der Waals surface area contributed by atoms with Gasteiger partial charge in [-0.2, -0.15) is 0 Å². The maximum Gasteiger partial charge on any atom is 0.323 e. The molecule has 4 nitrogen and oxygen atoms in total. The number of carbonyl (C=O) groups is 1. The molecule has 0 aliphatic rings. The Labute approximate surface area is 88.6 Å². The third-order valence-electron chi connectivity index (χ3n) is 1.94. The highest BCUT2D eigenvalue weighted by molar-refractivity contribution is 5.74. The van der Waals surface area contributed by atoms with Crippen LogP contribution in [0.1, 0.15) is 5.56 Å². The molecule has 0 amide bonds. The van der Waals surface area contributed by atoms with Crippen LogP contribution in [-0.4, -0.2) is 29.1 Å². The largest absolute Gasteiger partial charge is 0.480 e. The summed E-state index contributed by atoms with van der Waals surface area (Å²) in [4.78, 5) is 16.2. The summed E-state index contributed by atoms with van der Waals surface area (Å²) in [5.41, 5.74) is 1.72. The molecular formula is C11H12N2O2. The van der Waals surface area contributed by atoms with Crippen molar-refractivity contribution in [1.82, 2.24) is 4.98 Å². The van der Waals surface area contributed by atoms with E-state index in [0.29, 0.717) is 0 Å². The number of pyridine rings is 1. The smallest absolute Gasteiger partial charge is 0.323 e. The van der Waals surface area contributed by atoms with Gasteiger partial charge in [0, 0.05) is 18.1 Å². The highest BCUT2D eigenvalue weighted by atomic mass is 16.4. The first kappa shape index (κ1) is 11.1. The maximum atomic E-state index is 10.6. The van der Waals surface area contributed by atoms with Crippen molar-refractivity contribution in [2.75, 3.05) is 18.0 Å². The van der Waals surface area contributed by atoms with E-state index in [0.717, 1.165) is 11.3 Å². The SMILES string of the molecule is C#CCN(CC(=O)O)c1ccncc1C. The Morgan fingerprint density at radius 3 is 3.00 bits per heavy atom. The van der Waals surface area contributed by atoms with Gasteiger partial charge in [-0.25, -0.2) is 0 Å². The van der Waals surface area contributed by atoms with Crippen molar-refractivity contribution in [2.45, 2.75) is 6.92 Å². The third-order valence-corrected chi connectivity index (χ3v) is 1.94. The van der Waals surface area contributed by atoms with Crippen molar-refractivity contribution in [3.63, 3.8) is 0 Å². The van der Waals surface area contributed by atoms with E-state index >= 15 is 0 Å². The van der Waals surface area contributed by atoms with Crippen molar-refractivity contribution in [1.29, 1.82) is 0 Å². The summed E-state index contributed by atoms with van der Waals surface area (Å²) in [5, 5.41) is 8.74. The van der Waals surface area contributed by atoms with Gasteiger partial charge in [-0.05, 0) is 18.6 Å². The average molecular weight is 204 g/mol. The maximum absolute atomic E-state index is 10.6. The highest BCUT2D eigenvalue weighted by Gasteiger charge is 2.11. The van der Waals surface area contributed by atoms with Gasteiger partial charge in [0.25, 0.3) is 0 Å². The van der Waals surface area contributed by atoms with Gasteiger partial charge in [-0.1, -0.05) is 5.92 Å². The van der Waals surface area contributed by atoms with Gasteiger partial charge in [0.2, 0.25) is 0 Å². The Hall–Kier alpha value is -2.02. The first-order chi connectivity index (χ1) is 7.15. The fraction of sp³-hybridized carbons (Fsp3) is 0.273. The minimum absolute atomic E-state index is 0.102. The van der Waals surface area contributed by atoms with Crippen LogP contribution in [0.2, 0.25) is 0 Å². The second kappa shape index (κ2) is 5.01. The topological polar surface area (TPSA) is 53.4 Å². The molecule has 1 aromatic rings. The van der Waals surface area contributed by atoms with Crippen LogP contribution in [0.15, 0.2) is 18.5 Å². The summed E-state index contributed by atoms with van der Waals surface area (Å²) in [5.74, 6) is 1.54. The Kier molecular flexibility index (Phi) is 3.69. The molecule has 0 aliphatic heterocycles.